The molecule has 3 rings (SSSR count). The van der Waals surface area contributed by atoms with Crippen molar-refractivity contribution in [2.75, 3.05) is 25.1 Å². The summed E-state index contributed by atoms with van der Waals surface area (Å²) in [6.45, 7) is 10.9. The van der Waals surface area contributed by atoms with Gasteiger partial charge in [-0.25, -0.2) is 0 Å². The molecule has 0 spiro atoms. The van der Waals surface area contributed by atoms with Gasteiger partial charge in [-0.1, -0.05) is 5.10 Å². The van der Waals surface area contributed by atoms with Crippen LogP contribution < -0.4 is 19.5 Å². The molecule has 0 bridgehead atoms. The van der Waals surface area contributed by atoms with E-state index in [1.54, 1.807) is 29.1 Å². The topological polar surface area (TPSA) is 114 Å². The average Bonchev–Trinajstić information content (AvgIpc) is 3.40. The molecule has 0 radical (unpaired) electrons. The molecule has 10 nitrogen and oxygen atoms in total. The maximum absolute atomic E-state index is 12.6. The van der Waals surface area contributed by atoms with Gasteiger partial charge in [-0.3, -0.25) is 14.8 Å². The number of carbonyl (C=O) groups is 1. The fourth-order valence-electron chi connectivity index (χ4n) is 2.97. The second-order valence-corrected chi connectivity index (χ2v) is 6.72. The molecule has 0 saturated heterocycles. The Morgan fingerprint density at radius 3 is 2.29 bits per heavy atom. The first kappa shape index (κ1) is 22.1. The Kier molecular flexibility index (Phi) is 7.11. The van der Waals surface area contributed by atoms with E-state index < -0.39 is 5.91 Å². The van der Waals surface area contributed by atoms with Crippen molar-refractivity contribution in [3.8, 4) is 28.7 Å². The van der Waals surface area contributed by atoms with E-state index in [-0.39, 0.29) is 17.9 Å². The Morgan fingerprint density at radius 2 is 1.71 bits per heavy atom. The predicted molar refractivity (Wildman–Crippen MR) is 114 cm³/mol. The van der Waals surface area contributed by atoms with Crippen molar-refractivity contribution >= 4 is 11.9 Å². The van der Waals surface area contributed by atoms with Crippen LogP contribution in [0, 0.1) is 0 Å². The molecule has 166 valence electrons. The monoisotopic (exact) mass is 429 g/mol. The highest BCUT2D eigenvalue weighted by molar-refractivity contribution is 6.01. The van der Waals surface area contributed by atoms with Gasteiger partial charge in [0.25, 0.3) is 5.91 Å². The molecule has 2 aromatic heterocycles. The summed E-state index contributed by atoms with van der Waals surface area (Å²) in [4.78, 5) is 12.6. The van der Waals surface area contributed by atoms with Gasteiger partial charge in [-0.15, -0.1) is 5.10 Å². The first-order valence-corrected chi connectivity index (χ1v) is 10.2. The lowest BCUT2D eigenvalue weighted by molar-refractivity contribution is 0.101. The number of nitrogens with one attached hydrogen (secondary N) is 1. The molecular weight excluding hydrogens is 402 g/mol. The molecule has 3 aromatic rings. The van der Waals surface area contributed by atoms with Crippen LogP contribution in [0.5, 0.6) is 17.2 Å². The van der Waals surface area contributed by atoms with E-state index in [1.165, 1.54) is 0 Å². The van der Waals surface area contributed by atoms with Crippen molar-refractivity contribution in [3.05, 3.63) is 30.1 Å². The number of hydrogen-bond acceptors (Lipinski definition) is 8. The van der Waals surface area contributed by atoms with E-state index in [9.17, 15) is 4.79 Å². The molecule has 10 heteroatoms. The maximum Gasteiger partial charge on any atom is 0.322 e. The highest BCUT2D eigenvalue weighted by Crippen LogP contribution is 2.41. The quantitative estimate of drug-likeness (QED) is 0.515. The molecule has 0 atom stereocenters. The number of rotatable bonds is 10. The maximum atomic E-state index is 12.6. The molecule has 31 heavy (non-hydrogen) atoms. The molecular formula is C21H27N5O5. The third-order valence-corrected chi connectivity index (χ3v) is 4.19. The lowest BCUT2D eigenvalue weighted by Gasteiger charge is -2.16. The Labute approximate surface area is 180 Å². The predicted octanol–water partition coefficient (Wildman–Crippen LogP) is 3.96. The minimum absolute atomic E-state index is 0.0266. The van der Waals surface area contributed by atoms with Crippen LogP contribution in [0.3, 0.4) is 0 Å². The summed E-state index contributed by atoms with van der Waals surface area (Å²) in [5, 5.41) is 14.8. The Balaban J connectivity index is 1.88. The lowest BCUT2D eigenvalue weighted by atomic mass is 10.2. The second-order valence-electron chi connectivity index (χ2n) is 6.72. The number of nitrogens with zero attached hydrogens (tertiary/aromatic N) is 4. The summed E-state index contributed by atoms with van der Waals surface area (Å²) in [6.07, 6.45) is 1.57. The van der Waals surface area contributed by atoms with Gasteiger partial charge in [0, 0.05) is 17.8 Å². The first-order chi connectivity index (χ1) is 15.0. The molecule has 1 aromatic carbocycles. The number of ether oxygens (including phenoxy) is 3. The van der Waals surface area contributed by atoms with Gasteiger partial charge < -0.3 is 18.6 Å². The van der Waals surface area contributed by atoms with Gasteiger partial charge in [0.1, 0.15) is 5.69 Å². The summed E-state index contributed by atoms with van der Waals surface area (Å²) >= 11 is 0. The molecule has 1 amide bonds. The average molecular weight is 429 g/mol. The zero-order valence-corrected chi connectivity index (χ0v) is 18.3. The number of hydrogen-bond donors (Lipinski definition) is 1. The summed E-state index contributed by atoms with van der Waals surface area (Å²) in [7, 11) is 0. The third kappa shape index (κ3) is 4.96. The Bertz CT molecular complexity index is 1000. The van der Waals surface area contributed by atoms with E-state index in [0.29, 0.717) is 48.3 Å². The molecule has 0 aliphatic rings. The molecule has 2 heterocycles. The van der Waals surface area contributed by atoms with Crippen LogP contribution in [0.1, 0.15) is 51.1 Å². The zero-order valence-electron chi connectivity index (χ0n) is 18.3. The van der Waals surface area contributed by atoms with E-state index in [2.05, 4.69) is 20.6 Å². The molecule has 0 aliphatic heterocycles. The Morgan fingerprint density at radius 1 is 1.06 bits per heavy atom. The largest absolute Gasteiger partial charge is 0.490 e. The number of benzene rings is 1. The molecule has 1 N–H and O–H groups in total. The van der Waals surface area contributed by atoms with Crippen molar-refractivity contribution in [1.29, 1.82) is 0 Å². The summed E-state index contributed by atoms with van der Waals surface area (Å²) in [5.74, 6) is 1.35. The molecule has 0 fully saturated rings. The summed E-state index contributed by atoms with van der Waals surface area (Å²) < 4.78 is 24.4. The van der Waals surface area contributed by atoms with Gasteiger partial charge in [0.15, 0.2) is 11.5 Å². The van der Waals surface area contributed by atoms with Crippen LogP contribution >= 0.6 is 0 Å². The van der Waals surface area contributed by atoms with Gasteiger partial charge >= 0.3 is 6.01 Å². The molecule has 0 aliphatic carbocycles. The van der Waals surface area contributed by atoms with E-state index in [0.717, 1.165) is 0 Å². The minimum Gasteiger partial charge on any atom is -0.490 e. The molecule has 0 saturated carbocycles. The highest BCUT2D eigenvalue weighted by atomic mass is 16.5. The zero-order chi connectivity index (χ0) is 22.4. The lowest BCUT2D eigenvalue weighted by Crippen LogP contribution is -2.19. The fraction of sp³-hybridized carbons (Fsp3) is 0.429. The van der Waals surface area contributed by atoms with E-state index >= 15 is 0 Å². The van der Waals surface area contributed by atoms with E-state index in [1.807, 2.05) is 34.6 Å². The minimum atomic E-state index is -0.391. The van der Waals surface area contributed by atoms with Crippen LogP contribution in [0.25, 0.3) is 11.5 Å². The number of aromatic nitrogens is 4. The fourth-order valence-corrected chi connectivity index (χ4v) is 2.97. The van der Waals surface area contributed by atoms with Crippen molar-refractivity contribution in [2.24, 2.45) is 0 Å². The summed E-state index contributed by atoms with van der Waals surface area (Å²) in [5.41, 5.74) is 0.976. The highest BCUT2D eigenvalue weighted by Gasteiger charge is 2.20. The van der Waals surface area contributed by atoms with Gasteiger partial charge in [0.2, 0.25) is 11.6 Å². The number of carbonyl (C=O) groups excluding carboxylic acids is 1. The first-order valence-electron chi connectivity index (χ1n) is 10.2. The van der Waals surface area contributed by atoms with Crippen LogP contribution in [-0.2, 0) is 0 Å². The number of anilines is 1. The normalized spacial score (nSPS) is 10.9. The van der Waals surface area contributed by atoms with Crippen molar-refractivity contribution in [2.45, 2.75) is 40.7 Å². The molecule has 0 unspecified atom stereocenters. The SMILES string of the molecule is CCOc1cc(-c2nnc(NC(=O)c3ccnn3C(C)C)o2)cc(OCC)c1OCC. The van der Waals surface area contributed by atoms with Gasteiger partial charge in [-0.05, 0) is 52.8 Å². The van der Waals surface area contributed by atoms with Crippen LogP contribution in [0.2, 0.25) is 0 Å². The van der Waals surface area contributed by atoms with Crippen molar-refractivity contribution < 1.29 is 23.4 Å². The van der Waals surface area contributed by atoms with E-state index in [4.69, 9.17) is 18.6 Å². The van der Waals surface area contributed by atoms with Crippen LogP contribution in [0.15, 0.2) is 28.8 Å². The van der Waals surface area contributed by atoms with Crippen LogP contribution in [-0.4, -0.2) is 45.7 Å². The summed E-state index contributed by atoms with van der Waals surface area (Å²) in [6, 6.07) is 5.11. The number of amides is 1. The van der Waals surface area contributed by atoms with Gasteiger partial charge in [-0.2, -0.15) is 5.10 Å². The smallest absolute Gasteiger partial charge is 0.322 e. The van der Waals surface area contributed by atoms with Crippen molar-refractivity contribution in [1.82, 2.24) is 20.0 Å². The van der Waals surface area contributed by atoms with Crippen molar-refractivity contribution in [3.63, 3.8) is 0 Å². The van der Waals surface area contributed by atoms with Gasteiger partial charge in [0.05, 0.1) is 19.8 Å². The Hall–Kier alpha value is -3.56. The third-order valence-electron chi connectivity index (χ3n) is 4.19. The van der Waals surface area contributed by atoms with Crippen LogP contribution in [0.4, 0.5) is 6.01 Å². The standard InChI is InChI=1S/C21H27N5O5/c1-6-28-16-11-14(12-17(29-7-2)18(16)30-8-3)20-24-25-21(31-20)23-19(27)15-9-10-22-26(15)13(4)5/h9-13H,6-8H2,1-5H3,(H,23,25,27). The second kappa shape index (κ2) is 9.96.